The van der Waals surface area contributed by atoms with Gasteiger partial charge in [-0.1, -0.05) is 39.7 Å². The Balaban J connectivity index is 2.13. The van der Waals surface area contributed by atoms with Gasteiger partial charge in [0.15, 0.2) is 6.10 Å². The molecule has 3 nitrogen and oxygen atoms in total. The minimum atomic E-state index is -0.675. The van der Waals surface area contributed by atoms with E-state index < -0.39 is 6.10 Å². The van der Waals surface area contributed by atoms with E-state index in [1.807, 2.05) is 0 Å². The fourth-order valence-corrected chi connectivity index (χ4v) is 2.28. The lowest BCUT2D eigenvalue weighted by Gasteiger charge is -2.15. The maximum Gasteiger partial charge on any atom is 0.202 e. The van der Waals surface area contributed by atoms with Gasteiger partial charge in [-0.05, 0) is 37.3 Å². The highest BCUT2D eigenvalue weighted by atomic mass is 79.9. The number of hydrogen-bond acceptors (Lipinski definition) is 3. The number of aldehydes is 1. The normalized spacial score (nSPS) is 11.8. The maximum absolute atomic E-state index is 12.3. The predicted molar refractivity (Wildman–Crippen MR) is 85.4 cm³/mol. The van der Waals surface area contributed by atoms with Crippen LogP contribution in [0.15, 0.2) is 46.9 Å². The van der Waals surface area contributed by atoms with Crippen molar-refractivity contribution in [3.05, 3.63) is 63.1 Å². The summed E-state index contributed by atoms with van der Waals surface area (Å²) in [4.78, 5) is 22.9. The van der Waals surface area contributed by atoms with E-state index in [4.69, 9.17) is 16.3 Å². The van der Waals surface area contributed by atoms with Crippen LogP contribution in [0.1, 0.15) is 27.6 Å². The molecule has 0 N–H and O–H groups in total. The lowest BCUT2D eigenvalue weighted by molar-refractivity contribution is 0.0818. The average Bonchev–Trinajstić information content (AvgIpc) is 2.49. The zero-order chi connectivity index (χ0) is 15.4. The Bertz CT molecular complexity index is 668. The molecule has 21 heavy (non-hydrogen) atoms. The molecule has 0 radical (unpaired) electrons. The van der Waals surface area contributed by atoms with Gasteiger partial charge in [0, 0.05) is 15.6 Å². The fraction of sp³-hybridized carbons (Fsp3) is 0.125. The lowest BCUT2D eigenvalue weighted by atomic mass is 10.1. The molecule has 0 spiro atoms. The lowest BCUT2D eigenvalue weighted by Crippen LogP contribution is -2.24. The SMILES string of the molecule is CC(Oc1ccc(C=O)cc1Cl)C(=O)c1ccc(Br)cc1. The van der Waals surface area contributed by atoms with Crippen molar-refractivity contribution in [1.82, 2.24) is 0 Å². The molecule has 0 fully saturated rings. The second-order valence-corrected chi connectivity index (χ2v) is 5.76. The van der Waals surface area contributed by atoms with E-state index in [-0.39, 0.29) is 5.78 Å². The van der Waals surface area contributed by atoms with Crippen molar-refractivity contribution < 1.29 is 14.3 Å². The van der Waals surface area contributed by atoms with Gasteiger partial charge in [-0.15, -0.1) is 0 Å². The Morgan fingerprint density at radius 3 is 2.48 bits per heavy atom. The number of hydrogen-bond donors (Lipinski definition) is 0. The zero-order valence-corrected chi connectivity index (χ0v) is 13.5. The first-order valence-electron chi connectivity index (χ1n) is 6.22. The average molecular weight is 368 g/mol. The first-order valence-corrected chi connectivity index (χ1v) is 7.39. The van der Waals surface area contributed by atoms with E-state index in [1.165, 1.54) is 6.07 Å². The molecule has 1 unspecified atom stereocenters. The van der Waals surface area contributed by atoms with Crippen LogP contribution in [0, 0.1) is 0 Å². The highest BCUT2D eigenvalue weighted by molar-refractivity contribution is 9.10. The van der Waals surface area contributed by atoms with Gasteiger partial charge in [-0.3, -0.25) is 9.59 Å². The molecular weight excluding hydrogens is 356 g/mol. The number of Topliss-reactive ketones (excluding diaryl/α,β-unsaturated/α-hetero) is 1. The van der Waals surface area contributed by atoms with Crippen LogP contribution >= 0.6 is 27.5 Å². The van der Waals surface area contributed by atoms with Crippen LogP contribution in [0.4, 0.5) is 0 Å². The molecule has 2 aromatic carbocycles. The van der Waals surface area contributed by atoms with Crippen LogP contribution in [-0.4, -0.2) is 18.2 Å². The number of ether oxygens (including phenoxy) is 1. The van der Waals surface area contributed by atoms with Crippen LogP contribution in [0.3, 0.4) is 0 Å². The van der Waals surface area contributed by atoms with Crippen molar-refractivity contribution in [3.8, 4) is 5.75 Å². The van der Waals surface area contributed by atoms with Gasteiger partial charge in [0.1, 0.15) is 12.0 Å². The van der Waals surface area contributed by atoms with E-state index in [0.29, 0.717) is 28.2 Å². The van der Waals surface area contributed by atoms with Crippen LogP contribution in [0.2, 0.25) is 5.02 Å². The molecule has 0 heterocycles. The van der Waals surface area contributed by atoms with E-state index in [0.717, 1.165) is 4.47 Å². The Morgan fingerprint density at radius 2 is 1.90 bits per heavy atom. The first kappa shape index (κ1) is 15.7. The van der Waals surface area contributed by atoms with Crippen molar-refractivity contribution in [2.45, 2.75) is 13.0 Å². The summed E-state index contributed by atoms with van der Waals surface area (Å²) >= 11 is 9.34. The molecule has 2 aromatic rings. The van der Waals surface area contributed by atoms with Crippen molar-refractivity contribution >= 4 is 39.6 Å². The largest absolute Gasteiger partial charge is 0.481 e. The number of ketones is 1. The highest BCUT2D eigenvalue weighted by Crippen LogP contribution is 2.26. The van der Waals surface area contributed by atoms with Crippen molar-refractivity contribution in [2.75, 3.05) is 0 Å². The Morgan fingerprint density at radius 1 is 1.24 bits per heavy atom. The third-order valence-corrected chi connectivity index (χ3v) is 3.72. The van der Waals surface area contributed by atoms with Crippen LogP contribution in [0.25, 0.3) is 0 Å². The Hall–Kier alpha value is -1.65. The summed E-state index contributed by atoms with van der Waals surface area (Å²) in [6.07, 6.45) is 0.0252. The van der Waals surface area contributed by atoms with Gasteiger partial charge >= 0.3 is 0 Å². The minimum absolute atomic E-state index is 0.141. The Kier molecular flexibility index (Phi) is 5.15. The van der Waals surface area contributed by atoms with E-state index in [1.54, 1.807) is 43.3 Å². The number of carbonyl (C=O) groups is 2. The van der Waals surface area contributed by atoms with Gasteiger partial charge < -0.3 is 4.74 Å². The van der Waals surface area contributed by atoms with Gasteiger partial charge in [0.05, 0.1) is 5.02 Å². The molecule has 0 saturated heterocycles. The van der Waals surface area contributed by atoms with Crippen molar-refractivity contribution in [1.29, 1.82) is 0 Å². The summed E-state index contributed by atoms with van der Waals surface area (Å²) in [5, 5.41) is 0.301. The van der Waals surface area contributed by atoms with Gasteiger partial charge in [0.2, 0.25) is 5.78 Å². The van der Waals surface area contributed by atoms with E-state index in [2.05, 4.69) is 15.9 Å². The first-order chi connectivity index (χ1) is 10.0. The fourth-order valence-electron chi connectivity index (χ4n) is 1.78. The second-order valence-electron chi connectivity index (χ2n) is 4.44. The molecule has 0 aromatic heterocycles. The topological polar surface area (TPSA) is 43.4 Å². The monoisotopic (exact) mass is 366 g/mol. The maximum atomic E-state index is 12.3. The van der Waals surface area contributed by atoms with Crippen molar-refractivity contribution in [2.24, 2.45) is 0 Å². The number of rotatable bonds is 5. The Labute approximate surface area is 136 Å². The smallest absolute Gasteiger partial charge is 0.202 e. The summed E-state index contributed by atoms with van der Waals surface area (Å²) < 4.78 is 6.48. The summed E-state index contributed by atoms with van der Waals surface area (Å²) in [6, 6.07) is 11.7. The standard InChI is InChI=1S/C16H12BrClO3/c1-10(16(20)12-3-5-13(17)6-4-12)21-15-7-2-11(9-19)8-14(15)18/h2-10H,1H3. The zero-order valence-electron chi connectivity index (χ0n) is 11.2. The molecular formula is C16H12BrClO3. The number of halogens is 2. The third-order valence-electron chi connectivity index (χ3n) is 2.89. The molecule has 0 aliphatic heterocycles. The molecule has 0 bridgehead atoms. The molecule has 0 saturated carbocycles. The van der Waals surface area contributed by atoms with Gasteiger partial charge in [0.25, 0.3) is 0 Å². The molecule has 0 aliphatic carbocycles. The summed E-state index contributed by atoms with van der Waals surface area (Å²) in [5.41, 5.74) is 1.02. The van der Waals surface area contributed by atoms with E-state index >= 15 is 0 Å². The van der Waals surface area contributed by atoms with Gasteiger partial charge in [-0.25, -0.2) is 0 Å². The van der Waals surface area contributed by atoms with Gasteiger partial charge in [-0.2, -0.15) is 0 Å². The van der Waals surface area contributed by atoms with E-state index in [9.17, 15) is 9.59 Å². The summed E-state index contributed by atoms with van der Waals surface area (Å²) in [5.74, 6) is 0.234. The molecule has 108 valence electrons. The quantitative estimate of drug-likeness (QED) is 0.574. The minimum Gasteiger partial charge on any atom is -0.481 e. The highest BCUT2D eigenvalue weighted by Gasteiger charge is 2.18. The predicted octanol–water partition coefficient (Wildman–Crippen LogP) is 4.57. The number of carbonyl (C=O) groups excluding carboxylic acids is 2. The molecule has 0 amide bonds. The summed E-state index contributed by atoms with van der Waals surface area (Å²) in [6.45, 7) is 1.66. The molecule has 5 heteroatoms. The second kappa shape index (κ2) is 6.87. The molecule has 0 aliphatic rings. The van der Waals surface area contributed by atoms with Crippen LogP contribution in [-0.2, 0) is 0 Å². The summed E-state index contributed by atoms with van der Waals surface area (Å²) in [7, 11) is 0. The number of benzene rings is 2. The molecule has 1 atom stereocenters. The van der Waals surface area contributed by atoms with Crippen LogP contribution < -0.4 is 4.74 Å². The van der Waals surface area contributed by atoms with Crippen molar-refractivity contribution in [3.63, 3.8) is 0 Å². The van der Waals surface area contributed by atoms with Crippen LogP contribution in [0.5, 0.6) is 5.75 Å². The third kappa shape index (κ3) is 3.93. The molecule has 2 rings (SSSR count).